The topological polar surface area (TPSA) is 120 Å². The van der Waals surface area contributed by atoms with Gasteiger partial charge in [0.15, 0.2) is 18.4 Å². The van der Waals surface area contributed by atoms with Crippen LogP contribution in [0.15, 0.2) is 21.9 Å². The number of aliphatic hydroxyl groups is 1. The highest BCUT2D eigenvalue weighted by Gasteiger charge is 2.73. The van der Waals surface area contributed by atoms with Crippen LogP contribution in [0.1, 0.15) is 6.23 Å². The van der Waals surface area contributed by atoms with Crippen molar-refractivity contribution in [2.45, 2.75) is 23.8 Å². The summed E-state index contributed by atoms with van der Waals surface area (Å²) in [5.74, 6) is -2.68. The highest BCUT2D eigenvalue weighted by molar-refractivity contribution is 7.38. The SMILES string of the molecule is C[P+](=O)OC[C@]12CO[C@](F)([C@@H]1O)[C@H](n1ccc(=O)[nH]c1=O)O2. The predicted octanol–water partition coefficient (Wildman–Crippen LogP) is -0.750. The van der Waals surface area contributed by atoms with Crippen LogP contribution in [0.3, 0.4) is 0 Å². The average Bonchev–Trinajstić information content (AvgIpc) is 2.82. The Bertz CT molecular complexity index is 736. The van der Waals surface area contributed by atoms with Crippen LogP contribution in [0.2, 0.25) is 0 Å². The number of hydrogen-bond donors (Lipinski definition) is 2. The number of rotatable bonds is 4. The van der Waals surface area contributed by atoms with Crippen molar-refractivity contribution in [1.82, 2.24) is 9.55 Å². The fourth-order valence-electron chi connectivity index (χ4n) is 2.57. The Balaban J connectivity index is 1.97. The van der Waals surface area contributed by atoms with Crippen molar-refractivity contribution in [3.8, 4) is 0 Å². The molecule has 0 amide bonds. The van der Waals surface area contributed by atoms with Gasteiger partial charge in [0.2, 0.25) is 6.23 Å². The highest BCUT2D eigenvalue weighted by atomic mass is 31.1. The quantitative estimate of drug-likeness (QED) is 0.695. The summed E-state index contributed by atoms with van der Waals surface area (Å²) in [6.45, 7) is 0.623. The maximum Gasteiger partial charge on any atom is 0.504 e. The molecule has 9 nitrogen and oxygen atoms in total. The molecule has 2 bridgehead atoms. The second-order valence-corrected chi connectivity index (χ2v) is 6.29. The molecule has 2 aliphatic rings. The summed E-state index contributed by atoms with van der Waals surface area (Å²) < 4.78 is 42.1. The van der Waals surface area contributed by atoms with Gasteiger partial charge in [-0.3, -0.25) is 14.3 Å². The second kappa shape index (κ2) is 5.04. The van der Waals surface area contributed by atoms with E-state index in [4.69, 9.17) is 14.0 Å². The van der Waals surface area contributed by atoms with E-state index in [-0.39, 0.29) is 13.2 Å². The standard InChI is InChI=1S/C11H12FN2O7P/c1-22(18)20-5-10-4-19-11(12,7(10)16)8(21-10)14-3-2-6(15)13-9(14)17/h2-3,7-8,16H,4-5H2,1H3/p+1/t7-,8-,10-,11-/m1/s1. The van der Waals surface area contributed by atoms with E-state index >= 15 is 0 Å². The number of nitrogens with one attached hydrogen (secondary N) is 1. The van der Waals surface area contributed by atoms with Crippen LogP contribution in [0, 0.1) is 0 Å². The van der Waals surface area contributed by atoms with Crippen molar-refractivity contribution in [2.75, 3.05) is 19.9 Å². The predicted molar refractivity (Wildman–Crippen MR) is 69.5 cm³/mol. The van der Waals surface area contributed by atoms with E-state index < -0.39 is 43.1 Å². The summed E-state index contributed by atoms with van der Waals surface area (Å²) in [6.07, 6.45) is -2.29. The van der Waals surface area contributed by atoms with Crippen LogP contribution in [0.25, 0.3) is 0 Å². The zero-order valence-corrected chi connectivity index (χ0v) is 12.3. The van der Waals surface area contributed by atoms with E-state index in [0.717, 1.165) is 16.8 Å². The smallest absolute Gasteiger partial charge is 0.384 e. The van der Waals surface area contributed by atoms with Crippen molar-refractivity contribution in [1.29, 1.82) is 0 Å². The molecular formula is C11H13FN2O7P+. The summed E-state index contributed by atoms with van der Waals surface area (Å²) in [4.78, 5) is 24.8. The molecule has 3 rings (SSSR count). The number of ether oxygens (including phenoxy) is 2. The Kier molecular flexibility index (Phi) is 3.54. The minimum Gasteiger partial charge on any atom is -0.384 e. The van der Waals surface area contributed by atoms with Gasteiger partial charge in [-0.05, 0) is 4.57 Å². The van der Waals surface area contributed by atoms with Gasteiger partial charge >= 0.3 is 13.7 Å². The number of H-pyrrole nitrogens is 1. The first-order chi connectivity index (χ1) is 10.3. The fourth-order valence-corrected chi connectivity index (χ4v) is 2.97. The van der Waals surface area contributed by atoms with E-state index in [0.29, 0.717) is 0 Å². The molecule has 2 N–H and O–H groups in total. The molecule has 0 spiro atoms. The number of alkyl halides is 1. The molecule has 0 radical (unpaired) electrons. The maximum absolute atomic E-state index is 14.9. The number of aromatic nitrogens is 2. The van der Waals surface area contributed by atoms with Gasteiger partial charge in [-0.15, -0.1) is 4.52 Å². The van der Waals surface area contributed by atoms with Gasteiger partial charge in [0, 0.05) is 12.3 Å². The third-order valence-electron chi connectivity index (χ3n) is 3.69. The lowest BCUT2D eigenvalue weighted by Crippen LogP contribution is -2.45. The third kappa shape index (κ3) is 2.15. The number of nitrogens with zero attached hydrogens (tertiary/aromatic N) is 1. The number of aliphatic hydroxyl groups excluding tert-OH is 1. The molecule has 2 saturated heterocycles. The van der Waals surface area contributed by atoms with Crippen LogP contribution in [0.5, 0.6) is 0 Å². The number of hydrogen-bond acceptors (Lipinski definition) is 7. The molecule has 2 fully saturated rings. The van der Waals surface area contributed by atoms with Crippen molar-refractivity contribution < 1.29 is 28.1 Å². The van der Waals surface area contributed by atoms with Gasteiger partial charge < -0.3 is 14.6 Å². The lowest BCUT2D eigenvalue weighted by atomic mass is 9.99. The van der Waals surface area contributed by atoms with Gasteiger partial charge in [-0.25, -0.2) is 9.18 Å². The summed E-state index contributed by atoms with van der Waals surface area (Å²) in [7, 11) is -1.99. The summed E-state index contributed by atoms with van der Waals surface area (Å²) >= 11 is 0. The van der Waals surface area contributed by atoms with Gasteiger partial charge in [0.25, 0.3) is 11.4 Å². The van der Waals surface area contributed by atoms with Gasteiger partial charge in [-0.1, -0.05) is 0 Å². The minimum absolute atomic E-state index is 0.317. The van der Waals surface area contributed by atoms with Gasteiger partial charge in [0.05, 0.1) is 6.61 Å². The van der Waals surface area contributed by atoms with E-state index in [1.54, 1.807) is 0 Å². The lowest BCUT2D eigenvalue weighted by Gasteiger charge is -2.30. The summed E-state index contributed by atoms with van der Waals surface area (Å²) in [6, 6.07) is 1.01. The molecule has 120 valence electrons. The first kappa shape index (κ1) is 15.4. The largest absolute Gasteiger partial charge is 0.504 e. The number of aromatic amines is 1. The molecule has 3 heterocycles. The monoisotopic (exact) mass is 335 g/mol. The number of fused-ring (bicyclic) bond motifs is 2. The van der Waals surface area contributed by atoms with Gasteiger partial charge in [-0.2, -0.15) is 0 Å². The van der Waals surface area contributed by atoms with E-state index in [1.165, 1.54) is 6.66 Å². The Labute approximate surface area is 123 Å². The molecular weight excluding hydrogens is 322 g/mol. The van der Waals surface area contributed by atoms with Crippen molar-refractivity contribution in [2.24, 2.45) is 0 Å². The first-order valence-electron chi connectivity index (χ1n) is 6.32. The van der Waals surface area contributed by atoms with Crippen LogP contribution in [-0.4, -0.2) is 52.1 Å². The van der Waals surface area contributed by atoms with Crippen LogP contribution >= 0.6 is 8.03 Å². The maximum atomic E-state index is 14.9. The van der Waals surface area contributed by atoms with E-state index in [9.17, 15) is 23.7 Å². The molecule has 22 heavy (non-hydrogen) atoms. The van der Waals surface area contributed by atoms with Crippen molar-refractivity contribution in [3.63, 3.8) is 0 Å². The molecule has 11 heteroatoms. The van der Waals surface area contributed by atoms with E-state index in [2.05, 4.69) is 0 Å². The van der Waals surface area contributed by atoms with Crippen LogP contribution in [0.4, 0.5) is 4.39 Å². The Morgan fingerprint density at radius 3 is 3.00 bits per heavy atom. The molecule has 0 saturated carbocycles. The zero-order valence-electron chi connectivity index (χ0n) is 11.4. The van der Waals surface area contributed by atoms with Crippen LogP contribution < -0.4 is 11.2 Å². The van der Waals surface area contributed by atoms with Gasteiger partial charge in [0.1, 0.15) is 6.61 Å². The molecule has 0 aromatic carbocycles. The highest BCUT2D eigenvalue weighted by Crippen LogP contribution is 2.53. The second-order valence-electron chi connectivity index (χ2n) is 5.15. The third-order valence-corrected chi connectivity index (χ3v) is 4.18. The lowest BCUT2D eigenvalue weighted by molar-refractivity contribution is -0.261. The summed E-state index contributed by atoms with van der Waals surface area (Å²) in [5.41, 5.74) is -3.13. The summed E-state index contributed by atoms with van der Waals surface area (Å²) in [5, 5.41) is 10.1. The first-order valence-corrected chi connectivity index (χ1v) is 7.95. The van der Waals surface area contributed by atoms with Crippen LogP contribution in [-0.2, 0) is 18.6 Å². The Hall–Kier alpha value is -1.45. The molecule has 0 aliphatic carbocycles. The minimum atomic E-state index is -2.68. The Morgan fingerprint density at radius 1 is 1.64 bits per heavy atom. The number of halogens is 1. The van der Waals surface area contributed by atoms with Crippen molar-refractivity contribution >= 4 is 8.03 Å². The molecule has 5 atom stereocenters. The molecule has 1 unspecified atom stereocenters. The molecule has 1 aromatic heterocycles. The normalized spacial score (nSPS) is 37.5. The van der Waals surface area contributed by atoms with Crippen molar-refractivity contribution in [3.05, 3.63) is 33.1 Å². The Morgan fingerprint density at radius 2 is 2.36 bits per heavy atom. The zero-order chi connectivity index (χ0) is 16.1. The average molecular weight is 335 g/mol. The molecule has 2 aliphatic heterocycles. The molecule has 1 aromatic rings. The fraction of sp³-hybridized carbons (Fsp3) is 0.636. The van der Waals surface area contributed by atoms with E-state index in [1.807, 2.05) is 4.98 Å².